The van der Waals surface area contributed by atoms with Crippen molar-refractivity contribution in [2.24, 2.45) is 0 Å². The van der Waals surface area contributed by atoms with Gasteiger partial charge in [-0.1, -0.05) is 41.9 Å². The average molecular weight is 678 g/mol. The summed E-state index contributed by atoms with van der Waals surface area (Å²) in [6.07, 6.45) is 3.73. The summed E-state index contributed by atoms with van der Waals surface area (Å²) in [6, 6.07) is 22.3. The van der Waals surface area contributed by atoms with E-state index in [1.807, 2.05) is 24.3 Å². The lowest BCUT2D eigenvalue weighted by Gasteiger charge is -2.37. The number of carboxylic acids is 1. The van der Waals surface area contributed by atoms with Crippen molar-refractivity contribution >= 4 is 52.9 Å². The van der Waals surface area contributed by atoms with Crippen LogP contribution in [0, 0.1) is 0 Å². The van der Waals surface area contributed by atoms with Crippen molar-refractivity contribution in [1.29, 1.82) is 0 Å². The zero-order valence-corrected chi connectivity index (χ0v) is 26.7. The first-order valence-corrected chi connectivity index (χ1v) is 15.3. The van der Waals surface area contributed by atoms with Crippen LogP contribution in [0.2, 0.25) is 5.02 Å². The fourth-order valence-corrected chi connectivity index (χ4v) is 5.92. The lowest BCUT2D eigenvalue weighted by molar-refractivity contribution is -0.135. The van der Waals surface area contributed by atoms with E-state index in [4.69, 9.17) is 11.6 Å². The van der Waals surface area contributed by atoms with Crippen molar-refractivity contribution in [2.75, 3.05) is 23.8 Å². The normalized spacial score (nSPS) is 13.9. The van der Waals surface area contributed by atoms with Crippen molar-refractivity contribution in [3.05, 3.63) is 125 Å². The molecule has 2 heterocycles. The van der Waals surface area contributed by atoms with E-state index in [9.17, 15) is 29.4 Å². The number of nitrogens with one attached hydrogen (secondary N) is 1. The van der Waals surface area contributed by atoms with E-state index >= 15 is 0 Å². The molecule has 1 aliphatic rings. The van der Waals surface area contributed by atoms with Gasteiger partial charge in [-0.2, -0.15) is 4.68 Å². The summed E-state index contributed by atoms with van der Waals surface area (Å²) in [7, 11) is 1.46. The molecule has 49 heavy (non-hydrogen) atoms. The van der Waals surface area contributed by atoms with Gasteiger partial charge in [-0.15, -0.1) is 5.10 Å². The topological polar surface area (TPSA) is 171 Å². The number of hydrogen-bond donors (Lipinski definition) is 3. The van der Waals surface area contributed by atoms with Gasteiger partial charge in [0.1, 0.15) is 12.4 Å². The highest BCUT2D eigenvalue weighted by Gasteiger charge is 2.36. The molecule has 0 radical (unpaired) electrons. The van der Waals surface area contributed by atoms with Crippen LogP contribution in [0.3, 0.4) is 0 Å². The highest BCUT2D eigenvalue weighted by Crippen LogP contribution is 2.37. The maximum Gasteiger partial charge on any atom is 0.411 e. The fraction of sp³-hybridized carbons (Fsp3) is 0.114. The number of halogens is 1. The number of aromatic carboxylic acids is 1. The lowest BCUT2D eigenvalue weighted by Crippen LogP contribution is -2.45. The predicted octanol–water partition coefficient (Wildman–Crippen LogP) is 5.57. The Hall–Kier alpha value is -6.34. The first kappa shape index (κ1) is 32.6. The van der Waals surface area contributed by atoms with Crippen molar-refractivity contribution < 1.29 is 29.4 Å². The van der Waals surface area contributed by atoms with Gasteiger partial charge in [0, 0.05) is 41.6 Å². The number of amides is 3. The summed E-state index contributed by atoms with van der Waals surface area (Å²) in [6.45, 7) is 0.207. The van der Waals surface area contributed by atoms with Crippen LogP contribution < -0.4 is 10.2 Å². The van der Waals surface area contributed by atoms with Crippen LogP contribution in [-0.4, -0.2) is 72.8 Å². The van der Waals surface area contributed by atoms with Gasteiger partial charge in [-0.25, -0.2) is 9.59 Å². The molecule has 14 heteroatoms. The molecule has 1 unspecified atom stereocenters. The summed E-state index contributed by atoms with van der Waals surface area (Å²) in [4.78, 5) is 53.4. The standard InChI is InChI=1S/C35H28ClN7O6/c1-41(35(48)49)26-13-7-21(8-14-26)27-3-2-4-29-28(27)17-18-42(32(29)33(45)38-25-11-5-22(6-12-25)34(46)47)31(44)16-9-23-19-24(36)10-15-30(23)43-20-37-39-40-43/h2-16,19-20,32H,17-18H2,1H3,(H,38,45)(H,46,47)(H,48,49)/b16-9+. The molecular formula is C35H28ClN7O6. The van der Waals surface area contributed by atoms with Gasteiger partial charge in [-0.3, -0.25) is 14.5 Å². The largest absolute Gasteiger partial charge is 0.478 e. The van der Waals surface area contributed by atoms with Gasteiger partial charge >= 0.3 is 12.1 Å². The van der Waals surface area contributed by atoms with Gasteiger partial charge < -0.3 is 20.4 Å². The predicted molar refractivity (Wildman–Crippen MR) is 182 cm³/mol. The number of rotatable bonds is 8. The van der Waals surface area contributed by atoms with Gasteiger partial charge in [0.05, 0.1) is 11.3 Å². The number of nitrogens with zero attached hydrogens (tertiary/aromatic N) is 6. The minimum absolute atomic E-state index is 0.0650. The van der Waals surface area contributed by atoms with E-state index in [-0.39, 0.29) is 12.1 Å². The molecule has 0 spiro atoms. The Bertz CT molecular complexity index is 2080. The second-order valence-electron chi connectivity index (χ2n) is 11.1. The van der Waals surface area contributed by atoms with Crippen LogP contribution in [0.25, 0.3) is 22.9 Å². The third kappa shape index (κ3) is 6.87. The Morgan fingerprint density at radius 1 is 0.980 bits per heavy atom. The molecule has 246 valence electrons. The SMILES string of the molecule is CN(C(=O)O)c1ccc(-c2cccc3c2CCN(C(=O)/C=C/c2cc(Cl)ccc2-n2cnnn2)C3C(=O)Nc2ccc(C(=O)O)cc2)cc1. The molecule has 4 aromatic carbocycles. The Morgan fingerprint density at radius 3 is 2.41 bits per heavy atom. The maximum atomic E-state index is 14.1. The van der Waals surface area contributed by atoms with Gasteiger partial charge in [0.2, 0.25) is 5.91 Å². The first-order valence-electron chi connectivity index (χ1n) is 15.0. The third-order valence-electron chi connectivity index (χ3n) is 8.20. The summed E-state index contributed by atoms with van der Waals surface area (Å²) >= 11 is 6.27. The molecule has 1 atom stereocenters. The molecule has 0 fully saturated rings. The third-order valence-corrected chi connectivity index (χ3v) is 8.43. The molecule has 6 rings (SSSR count). The van der Waals surface area contributed by atoms with E-state index in [1.54, 1.807) is 42.5 Å². The van der Waals surface area contributed by atoms with Gasteiger partial charge in [0.15, 0.2) is 0 Å². The van der Waals surface area contributed by atoms with E-state index in [1.165, 1.54) is 53.3 Å². The number of benzene rings is 4. The molecule has 1 aromatic heterocycles. The molecule has 0 saturated carbocycles. The lowest BCUT2D eigenvalue weighted by atomic mass is 9.86. The summed E-state index contributed by atoms with van der Waals surface area (Å²) < 4.78 is 1.44. The Labute approximate surface area is 284 Å². The van der Waals surface area contributed by atoms with E-state index < -0.39 is 29.9 Å². The molecule has 0 bridgehead atoms. The van der Waals surface area contributed by atoms with Crippen molar-refractivity contribution in [3.63, 3.8) is 0 Å². The number of aromatic nitrogens is 4. The number of fused-ring (bicyclic) bond motifs is 1. The Balaban J connectivity index is 1.36. The fourth-order valence-electron chi connectivity index (χ4n) is 5.74. The number of carbonyl (C=O) groups is 4. The average Bonchev–Trinajstić information content (AvgIpc) is 3.64. The van der Waals surface area contributed by atoms with Gasteiger partial charge in [-0.05, 0) is 99.8 Å². The number of anilines is 2. The first-order chi connectivity index (χ1) is 23.6. The molecule has 3 N–H and O–H groups in total. The number of carboxylic acid groups (broad SMARTS) is 2. The molecule has 1 aliphatic heterocycles. The second-order valence-corrected chi connectivity index (χ2v) is 11.5. The summed E-state index contributed by atoms with van der Waals surface area (Å²) in [5.41, 5.74) is 5.24. The molecule has 5 aromatic rings. The maximum absolute atomic E-state index is 14.1. The molecule has 0 saturated heterocycles. The number of tetrazole rings is 1. The highest BCUT2D eigenvalue weighted by molar-refractivity contribution is 6.30. The minimum atomic E-state index is -1.10. The summed E-state index contributed by atoms with van der Waals surface area (Å²) in [5, 5.41) is 33.2. The highest BCUT2D eigenvalue weighted by atomic mass is 35.5. The van der Waals surface area contributed by atoms with Crippen LogP contribution in [-0.2, 0) is 16.0 Å². The molecule has 13 nitrogen and oxygen atoms in total. The number of hydrogen-bond acceptors (Lipinski definition) is 7. The van der Waals surface area contributed by atoms with Crippen LogP contribution in [0.5, 0.6) is 0 Å². The van der Waals surface area contributed by atoms with E-state index in [2.05, 4.69) is 20.8 Å². The second kappa shape index (κ2) is 13.8. The van der Waals surface area contributed by atoms with Crippen LogP contribution in [0.4, 0.5) is 16.2 Å². The van der Waals surface area contributed by atoms with Crippen molar-refractivity contribution in [2.45, 2.75) is 12.5 Å². The zero-order chi connectivity index (χ0) is 34.7. The van der Waals surface area contributed by atoms with Crippen LogP contribution in [0.1, 0.15) is 33.1 Å². The molecular weight excluding hydrogens is 650 g/mol. The Kier molecular flexibility index (Phi) is 9.18. The zero-order valence-electron chi connectivity index (χ0n) is 25.9. The van der Waals surface area contributed by atoms with Crippen molar-refractivity contribution in [3.8, 4) is 16.8 Å². The summed E-state index contributed by atoms with van der Waals surface area (Å²) in [5.74, 6) is -2.01. The smallest absolute Gasteiger partial charge is 0.411 e. The van der Waals surface area contributed by atoms with Crippen LogP contribution >= 0.6 is 11.6 Å². The minimum Gasteiger partial charge on any atom is -0.478 e. The molecule has 3 amide bonds. The van der Waals surface area contributed by atoms with E-state index in [0.717, 1.165) is 21.6 Å². The Morgan fingerprint density at radius 2 is 1.73 bits per heavy atom. The van der Waals surface area contributed by atoms with Gasteiger partial charge in [0.25, 0.3) is 5.91 Å². The quantitative estimate of drug-likeness (QED) is 0.178. The number of carbonyl (C=O) groups excluding carboxylic acids is 2. The van der Waals surface area contributed by atoms with E-state index in [0.29, 0.717) is 39.6 Å². The monoisotopic (exact) mass is 677 g/mol. The molecule has 0 aliphatic carbocycles. The van der Waals surface area contributed by atoms with Crippen LogP contribution in [0.15, 0.2) is 97.3 Å². The van der Waals surface area contributed by atoms with Crippen molar-refractivity contribution in [1.82, 2.24) is 25.1 Å².